The van der Waals surface area contributed by atoms with Crippen LogP contribution in [0.5, 0.6) is 0 Å². The zero-order chi connectivity index (χ0) is 23.2. The summed E-state index contributed by atoms with van der Waals surface area (Å²) in [5, 5.41) is 3.98. The molecule has 6 nitrogen and oxygen atoms in total. The maximum Gasteiger partial charge on any atom is 0.316 e. The van der Waals surface area contributed by atoms with E-state index >= 15 is 0 Å². The zero-order valence-electron chi connectivity index (χ0n) is 18.0. The first kappa shape index (κ1) is 22.9. The third-order valence-electron chi connectivity index (χ3n) is 5.03. The number of fused-ring (bicyclic) bond motifs is 1. The van der Waals surface area contributed by atoms with Gasteiger partial charge in [-0.1, -0.05) is 71.9 Å². The number of rotatable bonds is 8. The fourth-order valence-corrected chi connectivity index (χ4v) is 4.31. The number of ether oxygens (including phenoxy) is 1. The second kappa shape index (κ2) is 10.6. The van der Waals surface area contributed by atoms with E-state index in [1.54, 1.807) is 18.2 Å². The van der Waals surface area contributed by atoms with Gasteiger partial charge in [0.2, 0.25) is 0 Å². The third-order valence-corrected chi connectivity index (χ3v) is 6.39. The number of nitrogens with one attached hydrogen (secondary N) is 1. The Hall–Kier alpha value is -3.29. The molecule has 0 saturated heterocycles. The summed E-state index contributed by atoms with van der Waals surface area (Å²) < 4.78 is 7.24. The summed E-state index contributed by atoms with van der Waals surface area (Å²) in [6, 6.07) is 23.2. The van der Waals surface area contributed by atoms with Gasteiger partial charge < -0.3 is 14.6 Å². The van der Waals surface area contributed by atoms with E-state index in [0.717, 1.165) is 27.3 Å². The van der Waals surface area contributed by atoms with Crippen molar-refractivity contribution >= 4 is 52.0 Å². The molecular weight excluding hydrogens is 458 g/mol. The minimum Gasteiger partial charge on any atom is -0.455 e. The Morgan fingerprint density at radius 3 is 2.61 bits per heavy atom. The van der Waals surface area contributed by atoms with Gasteiger partial charge in [0.15, 0.2) is 11.8 Å². The van der Waals surface area contributed by atoms with Crippen molar-refractivity contribution in [2.75, 3.05) is 17.7 Å². The molecule has 4 aromatic rings. The number of hydrogen-bond donors (Lipinski definition) is 1. The van der Waals surface area contributed by atoms with Crippen LogP contribution >= 0.6 is 23.4 Å². The highest BCUT2D eigenvalue weighted by Gasteiger charge is 2.15. The van der Waals surface area contributed by atoms with Crippen LogP contribution in [0, 0.1) is 6.92 Å². The number of nitrogens with zero attached hydrogens (tertiary/aromatic N) is 2. The number of thioether (sulfide) groups is 1. The average molecular weight is 480 g/mol. The van der Waals surface area contributed by atoms with Gasteiger partial charge in [0.1, 0.15) is 0 Å². The van der Waals surface area contributed by atoms with E-state index in [9.17, 15) is 9.59 Å². The first-order chi connectivity index (χ1) is 16.0. The van der Waals surface area contributed by atoms with Crippen LogP contribution in [0.4, 0.5) is 5.69 Å². The quantitative estimate of drug-likeness (QED) is 0.273. The van der Waals surface area contributed by atoms with Crippen molar-refractivity contribution in [3.8, 4) is 0 Å². The monoisotopic (exact) mass is 479 g/mol. The molecular formula is C25H22ClN3O3S. The van der Waals surface area contributed by atoms with E-state index in [-0.39, 0.29) is 12.4 Å². The van der Waals surface area contributed by atoms with E-state index in [2.05, 4.69) is 27.0 Å². The lowest BCUT2D eigenvalue weighted by Crippen LogP contribution is -2.22. The summed E-state index contributed by atoms with van der Waals surface area (Å²) in [5.41, 5.74) is 4.34. The number of carbonyl (C=O) groups excluding carboxylic acids is 2. The standard InChI is InChI=1S/C25H22ClN3O3S/c1-17-19(26)10-7-12-20(17)27-23(30)15-32-24(31)16-33-25-28-21-11-5-6-13-22(21)29(25)14-18-8-3-2-4-9-18/h2-13H,14-16H2,1H3,(H,27,30). The van der Waals surface area contributed by atoms with Gasteiger partial charge in [-0.15, -0.1) is 0 Å². The number of halogens is 1. The van der Waals surface area contributed by atoms with E-state index in [4.69, 9.17) is 16.3 Å². The Labute approximate surface area is 200 Å². The predicted molar refractivity (Wildman–Crippen MR) is 132 cm³/mol. The first-order valence-electron chi connectivity index (χ1n) is 10.3. The molecule has 0 fully saturated rings. The van der Waals surface area contributed by atoms with Crippen LogP contribution in [0.1, 0.15) is 11.1 Å². The maximum atomic E-state index is 12.3. The number of benzene rings is 3. The first-order valence-corrected chi connectivity index (χ1v) is 11.7. The van der Waals surface area contributed by atoms with Crippen molar-refractivity contribution in [1.29, 1.82) is 0 Å². The van der Waals surface area contributed by atoms with Crippen LogP contribution in [0.2, 0.25) is 5.02 Å². The molecule has 0 spiro atoms. The Balaban J connectivity index is 1.37. The summed E-state index contributed by atoms with van der Waals surface area (Å²) in [6.07, 6.45) is 0. The van der Waals surface area contributed by atoms with E-state index in [1.165, 1.54) is 11.8 Å². The van der Waals surface area contributed by atoms with Gasteiger partial charge in [0.05, 0.1) is 23.3 Å². The number of amides is 1. The van der Waals surface area contributed by atoms with Crippen molar-refractivity contribution in [1.82, 2.24) is 9.55 Å². The second-order valence-corrected chi connectivity index (χ2v) is 8.71. The SMILES string of the molecule is Cc1c(Cl)cccc1NC(=O)COC(=O)CSc1nc2ccccc2n1Cc1ccccc1. The van der Waals surface area contributed by atoms with Crippen LogP contribution in [-0.4, -0.2) is 33.8 Å². The van der Waals surface area contributed by atoms with Crippen LogP contribution in [0.25, 0.3) is 11.0 Å². The topological polar surface area (TPSA) is 73.2 Å². The highest BCUT2D eigenvalue weighted by atomic mass is 35.5. The van der Waals surface area contributed by atoms with E-state index < -0.39 is 11.9 Å². The maximum absolute atomic E-state index is 12.3. The summed E-state index contributed by atoms with van der Waals surface area (Å²) >= 11 is 7.36. The van der Waals surface area contributed by atoms with Crippen molar-refractivity contribution < 1.29 is 14.3 Å². The molecule has 0 bridgehead atoms. The summed E-state index contributed by atoms with van der Waals surface area (Å²) in [7, 11) is 0. The zero-order valence-corrected chi connectivity index (χ0v) is 19.5. The second-order valence-electron chi connectivity index (χ2n) is 7.36. The van der Waals surface area contributed by atoms with Crippen LogP contribution in [0.3, 0.4) is 0 Å². The summed E-state index contributed by atoms with van der Waals surface area (Å²) in [5.74, 6) is -0.868. The van der Waals surface area contributed by atoms with Gasteiger partial charge in [-0.3, -0.25) is 9.59 Å². The van der Waals surface area contributed by atoms with Gasteiger partial charge in [-0.25, -0.2) is 4.98 Å². The molecule has 3 aromatic carbocycles. The molecule has 0 saturated carbocycles. The number of esters is 1. The van der Waals surface area contributed by atoms with Crippen LogP contribution in [-0.2, 0) is 20.9 Å². The molecule has 8 heteroatoms. The highest BCUT2D eigenvalue weighted by molar-refractivity contribution is 7.99. The molecule has 0 aliphatic carbocycles. The lowest BCUT2D eigenvalue weighted by atomic mass is 10.2. The lowest BCUT2D eigenvalue weighted by molar-refractivity contribution is -0.144. The molecule has 1 heterocycles. The molecule has 33 heavy (non-hydrogen) atoms. The minimum absolute atomic E-state index is 0.0432. The third kappa shape index (κ3) is 5.74. The predicted octanol–water partition coefficient (Wildman–Crippen LogP) is 5.32. The summed E-state index contributed by atoms with van der Waals surface area (Å²) in [4.78, 5) is 29.1. The molecule has 1 amide bonds. The molecule has 1 N–H and O–H groups in total. The fraction of sp³-hybridized carbons (Fsp3) is 0.160. The number of hydrogen-bond acceptors (Lipinski definition) is 5. The van der Waals surface area contributed by atoms with Crippen molar-refractivity contribution in [3.63, 3.8) is 0 Å². The van der Waals surface area contributed by atoms with Gasteiger partial charge in [0.25, 0.3) is 5.91 Å². The molecule has 4 rings (SSSR count). The smallest absolute Gasteiger partial charge is 0.316 e. The largest absolute Gasteiger partial charge is 0.455 e. The Morgan fingerprint density at radius 1 is 1.03 bits per heavy atom. The molecule has 1 aromatic heterocycles. The van der Waals surface area contributed by atoms with Crippen molar-refractivity contribution in [2.24, 2.45) is 0 Å². The van der Waals surface area contributed by atoms with Crippen LogP contribution in [0.15, 0.2) is 78.0 Å². The van der Waals surface area contributed by atoms with Crippen LogP contribution < -0.4 is 5.32 Å². The van der Waals surface area contributed by atoms with Gasteiger partial charge in [0, 0.05) is 10.7 Å². The van der Waals surface area contributed by atoms with Crippen molar-refractivity contribution in [3.05, 3.63) is 88.9 Å². The average Bonchev–Trinajstić information content (AvgIpc) is 3.17. The Kier molecular flexibility index (Phi) is 7.32. The van der Waals surface area contributed by atoms with E-state index in [1.807, 2.05) is 49.4 Å². The highest BCUT2D eigenvalue weighted by Crippen LogP contribution is 2.26. The fourth-order valence-electron chi connectivity index (χ4n) is 3.32. The molecule has 0 atom stereocenters. The number of carbonyl (C=O) groups is 2. The van der Waals surface area contributed by atoms with E-state index in [0.29, 0.717) is 17.3 Å². The molecule has 0 unspecified atom stereocenters. The normalized spacial score (nSPS) is 10.8. The van der Waals surface area contributed by atoms with Crippen molar-refractivity contribution in [2.45, 2.75) is 18.6 Å². The number of para-hydroxylation sites is 2. The Bertz CT molecular complexity index is 1290. The Morgan fingerprint density at radius 2 is 1.79 bits per heavy atom. The number of imidazole rings is 1. The molecule has 0 aliphatic rings. The number of aromatic nitrogens is 2. The number of anilines is 1. The van der Waals surface area contributed by atoms with Gasteiger partial charge >= 0.3 is 5.97 Å². The van der Waals surface area contributed by atoms with Gasteiger partial charge in [-0.2, -0.15) is 0 Å². The molecule has 0 aliphatic heterocycles. The molecule has 168 valence electrons. The van der Waals surface area contributed by atoms with Gasteiger partial charge in [-0.05, 0) is 42.3 Å². The molecule has 0 radical (unpaired) electrons. The summed E-state index contributed by atoms with van der Waals surface area (Å²) in [6.45, 7) is 2.08. The minimum atomic E-state index is -0.490. The lowest BCUT2D eigenvalue weighted by Gasteiger charge is -2.10.